The Hall–Kier alpha value is -3.00. The van der Waals surface area contributed by atoms with Crippen LogP contribution >= 0.6 is 11.8 Å². The van der Waals surface area contributed by atoms with Gasteiger partial charge in [0.1, 0.15) is 6.04 Å². The van der Waals surface area contributed by atoms with E-state index >= 15 is 0 Å². The Morgan fingerprint density at radius 3 is 2.48 bits per heavy atom. The highest BCUT2D eigenvalue weighted by atomic mass is 32.2. The summed E-state index contributed by atoms with van der Waals surface area (Å²) < 4.78 is 10.6. The Kier molecular flexibility index (Phi) is 5.44. The van der Waals surface area contributed by atoms with Gasteiger partial charge in [0.15, 0.2) is 11.5 Å². The van der Waals surface area contributed by atoms with Gasteiger partial charge in [-0.1, -0.05) is 18.2 Å². The second-order valence-electron chi connectivity index (χ2n) is 6.73. The standard InChI is InChI=1S/C21H20N2O5S/c1-29-9-8-16(23-20(25)14-4-2-3-5-15(14)21(23)26)19(24)22-11-13-6-7-17-18(10-13)28-12-27-17/h2-7,10,16H,8-9,11-12H2,1H3,(H,22,24)/t16-/m1/s1. The molecule has 2 aliphatic rings. The predicted molar refractivity (Wildman–Crippen MR) is 108 cm³/mol. The van der Waals surface area contributed by atoms with Crippen LogP contribution in [0.3, 0.4) is 0 Å². The molecule has 29 heavy (non-hydrogen) atoms. The molecule has 2 heterocycles. The number of nitrogens with one attached hydrogen (secondary N) is 1. The molecule has 150 valence electrons. The molecule has 0 radical (unpaired) electrons. The third-order valence-electron chi connectivity index (χ3n) is 4.94. The molecule has 7 nitrogen and oxygen atoms in total. The maximum Gasteiger partial charge on any atom is 0.262 e. The highest BCUT2D eigenvalue weighted by Crippen LogP contribution is 2.32. The first-order chi connectivity index (χ1) is 14.1. The number of imide groups is 1. The average Bonchev–Trinajstić information content (AvgIpc) is 3.30. The molecule has 0 spiro atoms. The van der Waals surface area contributed by atoms with Crippen LogP contribution < -0.4 is 14.8 Å². The molecule has 0 saturated carbocycles. The van der Waals surface area contributed by atoms with Gasteiger partial charge in [-0.15, -0.1) is 0 Å². The summed E-state index contributed by atoms with van der Waals surface area (Å²) in [5.41, 5.74) is 1.53. The number of thioether (sulfide) groups is 1. The average molecular weight is 412 g/mol. The van der Waals surface area contributed by atoms with Crippen LogP contribution in [0.25, 0.3) is 0 Å². The van der Waals surface area contributed by atoms with Crippen molar-refractivity contribution in [1.82, 2.24) is 10.2 Å². The van der Waals surface area contributed by atoms with Crippen LogP contribution in [0.1, 0.15) is 32.7 Å². The fraction of sp³-hybridized carbons (Fsp3) is 0.286. The van der Waals surface area contributed by atoms with Crippen molar-refractivity contribution in [3.63, 3.8) is 0 Å². The van der Waals surface area contributed by atoms with Crippen molar-refractivity contribution in [2.24, 2.45) is 0 Å². The van der Waals surface area contributed by atoms with Gasteiger partial charge in [0.05, 0.1) is 11.1 Å². The Morgan fingerprint density at radius 2 is 1.79 bits per heavy atom. The molecular weight excluding hydrogens is 392 g/mol. The van der Waals surface area contributed by atoms with Gasteiger partial charge < -0.3 is 14.8 Å². The van der Waals surface area contributed by atoms with E-state index in [1.54, 1.807) is 42.1 Å². The Balaban J connectivity index is 1.50. The lowest BCUT2D eigenvalue weighted by atomic mass is 10.1. The van der Waals surface area contributed by atoms with E-state index in [0.29, 0.717) is 34.8 Å². The van der Waals surface area contributed by atoms with E-state index in [4.69, 9.17) is 9.47 Å². The third kappa shape index (κ3) is 3.67. The molecule has 2 aromatic carbocycles. The van der Waals surface area contributed by atoms with Gasteiger partial charge in [-0.25, -0.2) is 0 Å². The zero-order valence-electron chi connectivity index (χ0n) is 15.8. The Labute approximate surface area is 172 Å². The molecule has 1 N–H and O–H groups in total. The number of hydrogen-bond acceptors (Lipinski definition) is 6. The summed E-state index contributed by atoms with van der Waals surface area (Å²) in [7, 11) is 0. The smallest absolute Gasteiger partial charge is 0.262 e. The van der Waals surface area contributed by atoms with Crippen molar-refractivity contribution in [2.45, 2.75) is 19.0 Å². The van der Waals surface area contributed by atoms with Gasteiger partial charge in [-0.2, -0.15) is 11.8 Å². The molecule has 4 rings (SSSR count). The van der Waals surface area contributed by atoms with Gasteiger partial charge in [0.25, 0.3) is 11.8 Å². The number of hydrogen-bond donors (Lipinski definition) is 1. The molecule has 2 aliphatic heterocycles. The van der Waals surface area contributed by atoms with Crippen LogP contribution in [0.5, 0.6) is 11.5 Å². The topological polar surface area (TPSA) is 84.9 Å². The second-order valence-corrected chi connectivity index (χ2v) is 7.71. The summed E-state index contributed by atoms with van der Waals surface area (Å²) in [6, 6.07) is 11.2. The SMILES string of the molecule is CSCC[C@H](C(=O)NCc1ccc2c(c1)OCO2)N1C(=O)c2ccccc2C1=O. The fourth-order valence-corrected chi connectivity index (χ4v) is 3.91. The summed E-state index contributed by atoms with van der Waals surface area (Å²) in [6.45, 7) is 0.441. The van der Waals surface area contributed by atoms with Crippen LogP contribution in [0.2, 0.25) is 0 Å². The maximum atomic E-state index is 13.0. The highest BCUT2D eigenvalue weighted by molar-refractivity contribution is 7.98. The summed E-state index contributed by atoms with van der Waals surface area (Å²) in [5, 5.41) is 2.85. The van der Waals surface area contributed by atoms with E-state index in [0.717, 1.165) is 10.5 Å². The van der Waals surface area contributed by atoms with Crippen molar-refractivity contribution >= 4 is 29.5 Å². The van der Waals surface area contributed by atoms with Crippen LogP contribution in [-0.4, -0.2) is 47.5 Å². The number of ether oxygens (including phenoxy) is 2. The third-order valence-corrected chi connectivity index (χ3v) is 5.58. The lowest BCUT2D eigenvalue weighted by Gasteiger charge is -2.25. The van der Waals surface area contributed by atoms with Crippen LogP contribution in [-0.2, 0) is 11.3 Å². The largest absolute Gasteiger partial charge is 0.454 e. The van der Waals surface area contributed by atoms with Crippen molar-refractivity contribution in [3.8, 4) is 11.5 Å². The zero-order chi connectivity index (χ0) is 20.4. The Bertz CT molecular complexity index is 942. The van der Waals surface area contributed by atoms with Crippen molar-refractivity contribution in [1.29, 1.82) is 0 Å². The fourth-order valence-electron chi connectivity index (χ4n) is 3.46. The molecule has 0 unspecified atom stereocenters. The lowest BCUT2D eigenvalue weighted by Crippen LogP contribution is -2.49. The van der Waals surface area contributed by atoms with E-state index in [-0.39, 0.29) is 19.2 Å². The normalized spacial score (nSPS) is 15.4. The number of carbonyl (C=O) groups excluding carboxylic acids is 3. The summed E-state index contributed by atoms with van der Waals surface area (Å²) in [6.07, 6.45) is 2.31. The zero-order valence-corrected chi connectivity index (χ0v) is 16.7. The minimum absolute atomic E-state index is 0.182. The van der Waals surface area contributed by atoms with Crippen molar-refractivity contribution in [3.05, 3.63) is 59.2 Å². The number of rotatable bonds is 7. The number of fused-ring (bicyclic) bond motifs is 2. The minimum atomic E-state index is -0.858. The van der Waals surface area contributed by atoms with Gasteiger partial charge in [0.2, 0.25) is 12.7 Å². The summed E-state index contributed by atoms with van der Waals surface area (Å²) in [4.78, 5) is 39.7. The lowest BCUT2D eigenvalue weighted by molar-refractivity contribution is -0.125. The van der Waals surface area contributed by atoms with Gasteiger partial charge >= 0.3 is 0 Å². The molecular formula is C21H20N2O5S. The first-order valence-electron chi connectivity index (χ1n) is 9.22. The molecule has 0 aromatic heterocycles. The van der Waals surface area contributed by atoms with Crippen LogP contribution in [0.15, 0.2) is 42.5 Å². The van der Waals surface area contributed by atoms with Gasteiger partial charge in [0, 0.05) is 6.54 Å². The molecule has 3 amide bonds. The van der Waals surface area contributed by atoms with E-state index < -0.39 is 17.9 Å². The number of benzene rings is 2. The first-order valence-corrected chi connectivity index (χ1v) is 10.6. The first kappa shape index (κ1) is 19.3. The van der Waals surface area contributed by atoms with Crippen molar-refractivity contribution in [2.75, 3.05) is 18.8 Å². The maximum absolute atomic E-state index is 13.0. The van der Waals surface area contributed by atoms with Crippen molar-refractivity contribution < 1.29 is 23.9 Å². The molecule has 2 aromatic rings. The highest BCUT2D eigenvalue weighted by Gasteiger charge is 2.42. The molecule has 8 heteroatoms. The summed E-state index contributed by atoms with van der Waals surface area (Å²) in [5.74, 6) is 0.756. The molecule has 0 bridgehead atoms. The monoisotopic (exact) mass is 412 g/mol. The molecule has 0 saturated heterocycles. The molecule has 0 aliphatic carbocycles. The van der Waals surface area contributed by atoms with E-state index in [1.165, 1.54) is 0 Å². The Morgan fingerprint density at radius 1 is 1.10 bits per heavy atom. The van der Waals surface area contributed by atoms with Gasteiger partial charge in [-0.3, -0.25) is 19.3 Å². The number of amides is 3. The van der Waals surface area contributed by atoms with Crippen LogP contribution in [0, 0.1) is 0 Å². The molecule has 0 fully saturated rings. The van der Waals surface area contributed by atoms with E-state index in [9.17, 15) is 14.4 Å². The predicted octanol–water partition coefficient (Wildman–Crippen LogP) is 2.45. The van der Waals surface area contributed by atoms with Crippen LogP contribution in [0.4, 0.5) is 0 Å². The van der Waals surface area contributed by atoms with E-state index in [1.807, 2.05) is 18.4 Å². The quantitative estimate of drug-likeness (QED) is 0.704. The van der Waals surface area contributed by atoms with E-state index in [2.05, 4.69) is 5.32 Å². The summed E-state index contributed by atoms with van der Waals surface area (Å²) >= 11 is 1.56. The number of carbonyl (C=O) groups is 3. The molecule has 1 atom stereocenters. The second kappa shape index (κ2) is 8.16. The minimum Gasteiger partial charge on any atom is -0.454 e. The van der Waals surface area contributed by atoms with Gasteiger partial charge in [-0.05, 0) is 48.3 Å². The number of nitrogens with zero attached hydrogens (tertiary/aromatic N) is 1.